The number of para-hydroxylation sites is 1. The van der Waals surface area contributed by atoms with Gasteiger partial charge in [0.2, 0.25) is 0 Å². The minimum atomic E-state index is -0.282. The van der Waals surface area contributed by atoms with Crippen LogP contribution in [0, 0.1) is 0 Å². The van der Waals surface area contributed by atoms with Crippen molar-refractivity contribution < 1.29 is 9.53 Å². The van der Waals surface area contributed by atoms with Gasteiger partial charge in [-0.05, 0) is 35.4 Å². The molecule has 3 aromatic carbocycles. The molecule has 1 aliphatic rings. The predicted octanol–water partition coefficient (Wildman–Crippen LogP) is 5.22. The summed E-state index contributed by atoms with van der Waals surface area (Å²) in [5, 5.41) is 5.78. The SMILES string of the molecule is CCCCOc1ccc2ccccc2c1C1Nc2ccccc2C(=O)N1C. The van der Waals surface area contributed by atoms with Crippen molar-refractivity contribution >= 4 is 22.4 Å². The van der Waals surface area contributed by atoms with Crippen molar-refractivity contribution in [3.05, 3.63) is 71.8 Å². The van der Waals surface area contributed by atoms with Gasteiger partial charge >= 0.3 is 0 Å². The molecule has 0 aliphatic carbocycles. The van der Waals surface area contributed by atoms with Crippen molar-refractivity contribution in [3.8, 4) is 5.75 Å². The van der Waals surface area contributed by atoms with Crippen molar-refractivity contribution in [3.63, 3.8) is 0 Å². The first-order valence-corrected chi connectivity index (χ1v) is 9.48. The molecule has 3 aromatic rings. The van der Waals surface area contributed by atoms with Crippen LogP contribution in [0.1, 0.15) is 41.9 Å². The van der Waals surface area contributed by atoms with Gasteiger partial charge in [0.25, 0.3) is 5.91 Å². The van der Waals surface area contributed by atoms with Gasteiger partial charge < -0.3 is 15.0 Å². The van der Waals surface area contributed by atoms with Crippen LogP contribution >= 0.6 is 0 Å². The minimum Gasteiger partial charge on any atom is -0.493 e. The number of nitrogens with zero attached hydrogens (tertiary/aromatic N) is 1. The summed E-state index contributed by atoms with van der Waals surface area (Å²) < 4.78 is 6.13. The first kappa shape index (κ1) is 17.4. The fourth-order valence-corrected chi connectivity index (χ4v) is 3.62. The maximum absolute atomic E-state index is 13.0. The molecule has 138 valence electrons. The summed E-state index contributed by atoms with van der Waals surface area (Å²) in [4.78, 5) is 14.7. The van der Waals surface area contributed by atoms with Crippen LogP contribution in [-0.4, -0.2) is 24.5 Å². The second-order valence-corrected chi connectivity index (χ2v) is 6.91. The average Bonchev–Trinajstić information content (AvgIpc) is 2.71. The maximum Gasteiger partial charge on any atom is 0.257 e. The summed E-state index contributed by atoms with van der Waals surface area (Å²) in [7, 11) is 1.84. The van der Waals surface area contributed by atoms with Crippen molar-refractivity contribution in [2.75, 3.05) is 19.0 Å². The Hall–Kier alpha value is -3.01. The van der Waals surface area contributed by atoms with Crippen LogP contribution in [0.2, 0.25) is 0 Å². The number of carbonyl (C=O) groups excluding carboxylic acids is 1. The van der Waals surface area contributed by atoms with E-state index in [0.29, 0.717) is 12.2 Å². The van der Waals surface area contributed by atoms with Gasteiger partial charge in [0.1, 0.15) is 11.9 Å². The van der Waals surface area contributed by atoms with Crippen LogP contribution in [0.3, 0.4) is 0 Å². The van der Waals surface area contributed by atoms with Crippen LogP contribution in [0.4, 0.5) is 5.69 Å². The van der Waals surface area contributed by atoms with Crippen LogP contribution in [-0.2, 0) is 0 Å². The fourth-order valence-electron chi connectivity index (χ4n) is 3.62. The monoisotopic (exact) mass is 360 g/mol. The molecule has 1 aliphatic heterocycles. The Morgan fingerprint density at radius 3 is 2.67 bits per heavy atom. The zero-order valence-electron chi connectivity index (χ0n) is 15.7. The number of hydrogen-bond acceptors (Lipinski definition) is 3. The van der Waals surface area contributed by atoms with Crippen LogP contribution in [0.5, 0.6) is 5.75 Å². The third-order valence-corrected chi connectivity index (χ3v) is 5.12. The van der Waals surface area contributed by atoms with Crippen LogP contribution in [0.25, 0.3) is 10.8 Å². The normalized spacial score (nSPS) is 16.1. The van der Waals surface area contributed by atoms with Gasteiger partial charge in [-0.25, -0.2) is 0 Å². The van der Waals surface area contributed by atoms with E-state index in [1.807, 2.05) is 49.5 Å². The number of benzene rings is 3. The lowest BCUT2D eigenvalue weighted by Gasteiger charge is -2.36. The Labute approximate surface area is 159 Å². The molecule has 0 saturated heterocycles. The molecule has 1 atom stereocenters. The summed E-state index contributed by atoms with van der Waals surface area (Å²) >= 11 is 0. The van der Waals surface area contributed by atoms with Crippen molar-refractivity contribution in [2.45, 2.75) is 25.9 Å². The van der Waals surface area contributed by atoms with Gasteiger partial charge in [-0.3, -0.25) is 4.79 Å². The second kappa shape index (κ2) is 7.31. The van der Waals surface area contributed by atoms with Gasteiger partial charge in [-0.1, -0.05) is 55.8 Å². The summed E-state index contributed by atoms with van der Waals surface area (Å²) in [5.74, 6) is 0.848. The van der Waals surface area contributed by atoms with Crippen molar-refractivity contribution in [1.82, 2.24) is 4.90 Å². The average molecular weight is 360 g/mol. The Morgan fingerprint density at radius 1 is 1.04 bits per heavy atom. The van der Waals surface area contributed by atoms with E-state index < -0.39 is 0 Å². The lowest BCUT2D eigenvalue weighted by atomic mass is 9.97. The number of nitrogens with one attached hydrogen (secondary N) is 1. The Morgan fingerprint density at radius 2 is 1.81 bits per heavy atom. The number of ether oxygens (including phenoxy) is 1. The quantitative estimate of drug-likeness (QED) is 0.635. The first-order valence-electron chi connectivity index (χ1n) is 9.48. The summed E-state index contributed by atoms with van der Waals surface area (Å²) in [6.07, 6.45) is 1.80. The molecule has 0 radical (unpaired) electrons. The molecule has 1 N–H and O–H groups in total. The van der Waals surface area contributed by atoms with Gasteiger partial charge in [0, 0.05) is 18.3 Å². The highest BCUT2D eigenvalue weighted by Crippen LogP contribution is 2.39. The number of rotatable bonds is 5. The first-order chi connectivity index (χ1) is 13.2. The molecule has 1 heterocycles. The fraction of sp³-hybridized carbons (Fsp3) is 0.261. The number of hydrogen-bond donors (Lipinski definition) is 1. The molecule has 4 heteroatoms. The maximum atomic E-state index is 13.0. The molecule has 0 bridgehead atoms. The van der Waals surface area contributed by atoms with Crippen LogP contribution < -0.4 is 10.1 Å². The Kier molecular flexibility index (Phi) is 4.71. The zero-order chi connectivity index (χ0) is 18.8. The van der Waals surface area contributed by atoms with E-state index in [1.165, 1.54) is 0 Å². The number of anilines is 1. The highest BCUT2D eigenvalue weighted by molar-refractivity contribution is 6.02. The third kappa shape index (κ3) is 3.12. The molecule has 1 amide bonds. The van der Waals surface area contributed by atoms with Crippen molar-refractivity contribution in [1.29, 1.82) is 0 Å². The lowest BCUT2D eigenvalue weighted by molar-refractivity contribution is 0.0734. The second-order valence-electron chi connectivity index (χ2n) is 6.91. The summed E-state index contributed by atoms with van der Waals surface area (Å²) in [6.45, 7) is 2.82. The molecule has 0 fully saturated rings. The van der Waals surface area contributed by atoms with E-state index >= 15 is 0 Å². The number of carbonyl (C=O) groups is 1. The topological polar surface area (TPSA) is 41.6 Å². The molecule has 4 nitrogen and oxygen atoms in total. The van der Waals surface area contributed by atoms with E-state index in [0.717, 1.165) is 40.6 Å². The Bertz CT molecular complexity index is 983. The van der Waals surface area contributed by atoms with Gasteiger partial charge in [0.15, 0.2) is 0 Å². The number of fused-ring (bicyclic) bond motifs is 2. The molecule has 1 unspecified atom stereocenters. The zero-order valence-corrected chi connectivity index (χ0v) is 15.7. The molecule has 0 saturated carbocycles. The van der Waals surface area contributed by atoms with E-state index in [9.17, 15) is 4.79 Å². The molecule has 0 spiro atoms. The summed E-state index contributed by atoms with van der Waals surface area (Å²) in [6, 6.07) is 20.0. The van der Waals surface area contributed by atoms with Crippen LogP contribution in [0.15, 0.2) is 60.7 Å². The largest absolute Gasteiger partial charge is 0.493 e. The standard InChI is InChI=1S/C23H24N2O2/c1-3-4-15-27-20-14-13-16-9-5-6-10-17(16)21(20)22-24-19-12-8-7-11-18(19)23(26)25(22)2/h5-14,22,24H,3-4,15H2,1-2H3. The number of amides is 1. The van der Waals surface area contributed by atoms with Crippen molar-refractivity contribution in [2.24, 2.45) is 0 Å². The van der Waals surface area contributed by atoms with Gasteiger partial charge in [-0.2, -0.15) is 0 Å². The Balaban J connectivity index is 1.84. The minimum absolute atomic E-state index is 0.0155. The van der Waals surface area contributed by atoms with E-state index in [-0.39, 0.29) is 12.1 Å². The summed E-state index contributed by atoms with van der Waals surface area (Å²) in [5.41, 5.74) is 2.57. The predicted molar refractivity (Wildman–Crippen MR) is 109 cm³/mol. The highest BCUT2D eigenvalue weighted by Gasteiger charge is 2.32. The van der Waals surface area contributed by atoms with Gasteiger partial charge in [-0.15, -0.1) is 0 Å². The molecular weight excluding hydrogens is 336 g/mol. The lowest BCUT2D eigenvalue weighted by Crippen LogP contribution is -2.40. The van der Waals surface area contributed by atoms with E-state index in [4.69, 9.17) is 4.74 Å². The number of unbranched alkanes of at least 4 members (excludes halogenated alkanes) is 1. The molecule has 4 rings (SSSR count). The smallest absolute Gasteiger partial charge is 0.257 e. The third-order valence-electron chi connectivity index (χ3n) is 5.12. The molecular formula is C23H24N2O2. The molecule has 0 aromatic heterocycles. The highest BCUT2D eigenvalue weighted by atomic mass is 16.5. The molecule has 27 heavy (non-hydrogen) atoms. The van der Waals surface area contributed by atoms with E-state index in [1.54, 1.807) is 4.90 Å². The van der Waals surface area contributed by atoms with E-state index in [2.05, 4.69) is 30.4 Å². The van der Waals surface area contributed by atoms with Gasteiger partial charge in [0.05, 0.1) is 12.2 Å².